The first-order valence-electron chi connectivity index (χ1n) is 6.83. The second-order valence-corrected chi connectivity index (χ2v) is 5.02. The van der Waals surface area contributed by atoms with Gasteiger partial charge in [0.1, 0.15) is 5.70 Å². The highest BCUT2D eigenvalue weighted by Gasteiger charge is 2.31. The molecule has 2 N–H and O–H groups in total. The molecule has 0 radical (unpaired) electrons. The minimum absolute atomic E-state index is 0.0916. The van der Waals surface area contributed by atoms with Gasteiger partial charge in [0.15, 0.2) is 11.6 Å². The number of nitrogens with two attached hydrogens (primary N) is 1. The van der Waals surface area contributed by atoms with E-state index in [0.717, 1.165) is 6.08 Å². The number of benzene rings is 1. The van der Waals surface area contributed by atoms with E-state index in [-0.39, 0.29) is 34.8 Å². The highest BCUT2D eigenvalue weighted by Crippen LogP contribution is 2.26. The minimum atomic E-state index is -4.66. The molecule has 0 aromatic heterocycles. The van der Waals surface area contributed by atoms with Crippen LogP contribution < -0.4 is 5.73 Å². The number of Topliss-reactive ketones (excluding diaryl/α,β-unsaturated/α-hetero) is 1. The topological polar surface area (TPSA) is 72.5 Å². The Balaban J connectivity index is 2.28. The van der Waals surface area contributed by atoms with Crippen molar-refractivity contribution in [2.45, 2.75) is 12.6 Å². The number of fused-ring (bicyclic) bond motifs is 1. The fraction of sp³-hybridized carbons (Fsp3) is 0.118. The maximum absolute atomic E-state index is 12.4. The summed E-state index contributed by atoms with van der Waals surface area (Å²) in [5.41, 5.74) is 4.38. The minimum Gasteiger partial charge on any atom is -0.395 e. The van der Waals surface area contributed by atoms with E-state index >= 15 is 0 Å². The van der Waals surface area contributed by atoms with Crippen LogP contribution in [0, 0.1) is 0 Å². The van der Waals surface area contributed by atoms with Crippen LogP contribution in [0.15, 0.2) is 64.5 Å². The van der Waals surface area contributed by atoms with Crippen LogP contribution in [0.5, 0.6) is 0 Å². The normalized spacial score (nSPS) is 15.9. The summed E-state index contributed by atoms with van der Waals surface area (Å²) in [4.78, 5) is 28.0. The van der Waals surface area contributed by atoms with Crippen LogP contribution in [0.2, 0.25) is 0 Å². The number of hydrogen-bond acceptors (Lipinski definition) is 4. The molecule has 0 heterocycles. The standard InChI is InChI=1S/C17H13F3N2O2/c1-22-11(6-7-15(21)17(18,19)20)8-10-9-14(23)12-4-2-3-5-13(12)16(10)24/h2-7,9H,1,8,21H2/b11-6-,15-7-. The number of aliphatic imine (C=N–C) groups is 1. The van der Waals surface area contributed by atoms with Gasteiger partial charge in [0.25, 0.3) is 0 Å². The van der Waals surface area contributed by atoms with Gasteiger partial charge in [0, 0.05) is 28.8 Å². The molecule has 0 unspecified atom stereocenters. The molecule has 24 heavy (non-hydrogen) atoms. The van der Waals surface area contributed by atoms with Gasteiger partial charge >= 0.3 is 6.18 Å². The van der Waals surface area contributed by atoms with E-state index in [1.54, 1.807) is 12.1 Å². The lowest BCUT2D eigenvalue weighted by Gasteiger charge is -2.14. The second-order valence-electron chi connectivity index (χ2n) is 5.02. The molecule has 4 nitrogen and oxygen atoms in total. The van der Waals surface area contributed by atoms with Gasteiger partial charge in [0.2, 0.25) is 0 Å². The van der Waals surface area contributed by atoms with Crippen LogP contribution in [0.1, 0.15) is 27.1 Å². The summed E-state index contributed by atoms with van der Waals surface area (Å²) in [6, 6.07) is 6.33. The maximum atomic E-state index is 12.4. The number of rotatable bonds is 4. The molecule has 2 rings (SSSR count). The van der Waals surface area contributed by atoms with Crippen molar-refractivity contribution in [2.75, 3.05) is 0 Å². The lowest BCUT2D eigenvalue weighted by molar-refractivity contribution is -0.0926. The zero-order chi connectivity index (χ0) is 17.9. The average Bonchev–Trinajstić information content (AvgIpc) is 2.54. The quantitative estimate of drug-likeness (QED) is 0.678. The van der Waals surface area contributed by atoms with Crippen molar-refractivity contribution < 1.29 is 22.8 Å². The fourth-order valence-electron chi connectivity index (χ4n) is 2.14. The maximum Gasteiger partial charge on any atom is 0.430 e. The molecule has 1 aromatic carbocycles. The molecular weight excluding hydrogens is 321 g/mol. The van der Waals surface area contributed by atoms with Gasteiger partial charge in [0.05, 0.1) is 0 Å². The van der Waals surface area contributed by atoms with E-state index in [4.69, 9.17) is 5.73 Å². The first-order valence-corrected chi connectivity index (χ1v) is 6.83. The summed E-state index contributed by atoms with van der Waals surface area (Å²) < 4.78 is 37.1. The zero-order valence-corrected chi connectivity index (χ0v) is 12.4. The van der Waals surface area contributed by atoms with Crippen molar-refractivity contribution in [2.24, 2.45) is 10.7 Å². The van der Waals surface area contributed by atoms with Crippen molar-refractivity contribution in [3.05, 3.63) is 70.6 Å². The first-order chi connectivity index (χ1) is 11.2. The SMILES string of the molecule is C=N/C(=C\C=C(/N)C(F)(F)F)CC1=CC(=O)c2ccccc2C1=O. The number of carbonyl (C=O) groups is 2. The molecule has 0 saturated heterocycles. The highest BCUT2D eigenvalue weighted by atomic mass is 19.4. The molecular formula is C17H13F3N2O2. The predicted octanol–water partition coefficient (Wildman–Crippen LogP) is 3.37. The molecule has 0 spiro atoms. The summed E-state index contributed by atoms with van der Waals surface area (Å²) >= 11 is 0. The fourth-order valence-corrected chi connectivity index (χ4v) is 2.14. The van der Waals surface area contributed by atoms with Crippen molar-refractivity contribution in [1.29, 1.82) is 0 Å². The number of carbonyl (C=O) groups excluding carboxylic acids is 2. The van der Waals surface area contributed by atoms with Gasteiger partial charge in [-0.3, -0.25) is 14.6 Å². The van der Waals surface area contributed by atoms with E-state index in [1.807, 2.05) is 0 Å². The average molecular weight is 334 g/mol. The molecule has 0 atom stereocenters. The summed E-state index contributed by atoms with van der Waals surface area (Å²) in [5, 5.41) is 0. The molecule has 0 fully saturated rings. The number of ketones is 2. The van der Waals surface area contributed by atoms with Crippen molar-refractivity contribution in [3.8, 4) is 0 Å². The smallest absolute Gasteiger partial charge is 0.395 e. The number of alkyl halides is 3. The Morgan fingerprint density at radius 2 is 1.79 bits per heavy atom. The Kier molecular flexibility index (Phi) is 4.82. The van der Waals surface area contributed by atoms with Crippen molar-refractivity contribution in [3.63, 3.8) is 0 Å². The van der Waals surface area contributed by atoms with Gasteiger partial charge in [-0.05, 0) is 24.9 Å². The van der Waals surface area contributed by atoms with Crippen LogP contribution in [0.4, 0.5) is 13.2 Å². The van der Waals surface area contributed by atoms with Gasteiger partial charge in [-0.1, -0.05) is 24.3 Å². The van der Waals surface area contributed by atoms with Crippen LogP contribution in [-0.2, 0) is 0 Å². The Bertz CT molecular complexity index is 802. The third-order valence-electron chi connectivity index (χ3n) is 3.39. The molecule has 124 valence electrons. The van der Waals surface area contributed by atoms with Gasteiger partial charge in [-0.25, -0.2) is 0 Å². The van der Waals surface area contributed by atoms with Gasteiger partial charge in [-0.15, -0.1) is 0 Å². The lowest BCUT2D eigenvalue weighted by atomic mass is 9.87. The molecule has 1 aliphatic rings. The summed E-state index contributed by atoms with van der Waals surface area (Å²) in [7, 11) is 0. The highest BCUT2D eigenvalue weighted by molar-refractivity contribution is 6.24. The number of hydrogen-bond donors (Lipinski definition) is 1. The largest absolute Gasteiger partial charge is 0.430 e. The first kappa shape index (κ1) is 17.4. The monoisotopic (exact) mass is 334 g/mol. The van der Waals surface area contributed by atoms with Crippen molar-refractivity contribution in [1.82, 2.24) is 0 Å². The molecule has 1 aromatic rings. The zero-order valence-electron chi connectivity index (χ0n) is 12.4. The van der Waals surface area contributed by atoms with Crippen LogP contribution in [0.25, 0.3) is 0 Å². The molecule has 0 bridgehead atoms. The van der Waals surface area contributed by atoms with Crippen LogP contribution >= 0.6 is 0 Å². The summed E-state index contributed by atoms with van der Waals surface area (Å²) in [6.45, 7) is 3.26. The number of halogens is 3. The number of allylic oxidation sites excluding steroid dienone is 5. The molecule has 7 heteroatoms. The second kappa shape index (κ2) is 6.66. The number of nitrogens with zero attached hydrogens (tertiary/aromatic N) is 1. The van der Waals surface area contributed by atoms with E-state index < -0.39 is 11.9 Å². The Morgan fingerprint density at radius 3 is 2.38 bits per heavy atom. The molecule has 0 saturated carbocycles. The Labute approximate surface area is 135 Å². The predicted molar refractivity (Wildman–Crippen MR) is 83.8 cm³/mol. The molecule has 1 aliphatic carbocycles. The third-order valence-corrected chi connectivity index (χ3v) is 3.39. The molecule has 0 amide bonds. The van der Waals surface area contributed by atoms with Gasteiger partial charge < -0.3 is 5.73 Å². The molecule has 0 aliphatic heterocycles. The van der Waals surface area contributed by atoms with E-state index in [0.29, 0.717) is 11.6 Å². The third kappa shape index (κ3) is 3.68. The Morgan fingerprint density at radius 1 is 1.17 bits per heavy atom. The van der Waals surface area contributed by atoms with E-state index in [2.05, 4.69) is 11.7 Å². The van der Waals surface area contributed by atoms with Crippen LogP contribution in [0.3, 0.4) is 0 Å². The van der Waals surface area contributed by atoms with E-state index in [1.165, 1.54) is 18.2 Å². The van der Waals surface area contributed by atoms with Crippen molar-refractivity contribution >= 4 is 18.3 Å². The summed E-state index contributed by atoms with van der Waals surface area (Å²) in [6.07, 6.45) is -1.94. The van der Waals surface area contributed by atoms with Gasteiger partial charge in [-0.2, -0.15) is 13.2 Å². The van der Waals surface area contributed by atoms with E-state index in [9.17, 15) is 22.8 Å². The Hall–Kier alpha value is -2.96. The lowest BCUT2D eigenvalue weighted by Crippen LogP contribution is -2.19. The summed E-state index contributed by atoms with van der Waals surface area (Å²) in [5.74, 6) is -0.707. The van der Waals surface area contributed by atoms with Crippen LogP contribution in [-0.4, -0.2) is 24.5 Å².